The van der Waals surface area contributed by atoms with Gasteiger partial charge in [-0.25, -0.2) is 0 Å². The predicted octanol–water partition coefficient (Wildman–Crippen LogP) is 3.21. The van der Waals surface area contributed by atoms with Crippen molar-refractivity contribution in [2.75, 3.05) is 0 Å². The molecule has 2 aromatic carbocycles. The highest BCUT2D eigenvalue weighted by Crippen LogP contribution is 2.29. The molecule has 0 atom stereocenters. The molecule has 0 spiro atoms. The highest BCUT2D eigenvalue weighted by Gasteiger charge is 2.08. The van der Waals surface area contributed by atoms with Crippen LogP contribution < -0.4 is 10.5 Å². The minimum atomic E-state index is -0.494. The first-order valence-corrected chi connectivity index (χ1v) is 6.17. The number of carbonyl (C=O) groups is 1. The maximum Gasteiger partial charge on any atom is 0.248 e. The van der Waals surface area contributed by atoms with Crippen LogP contribution in [0.3, 0.4) is 0 Å². The summed E-state index contributed by atoms with van der Waals surface area (Å²) in [6.45, 7) is 0. The molecule has 2 rings (SSSR count). The van der Waals surface area contributed by atoms with Crippen molar-refractivity contribution in [3.8, 4) is 17.6 Å². The quantitative estimate of drug-likeness (QED) is 0.944. The van der Waals surface area contributed by atoms with Crippen molar-refractivity contribution in [2.24, 2.45) is 5.73 Å². The molecule has 1 amide bonds. The summed E-state index contributed by atoms with van der Waals surface area (Å²) in [6, 6.07) is 13.7. The highest BCUT2D eigenvalue weighted by molar-refractivity contribution is 9.10. The van der Waals surface area contributed by atoms with Crippen LogP contribution >= 0.6 is 15.9 Å². The molecule has 2 aromatic rings. The number of carbonyl (C=O) groups excluding carboxylic acids is 1. The topological polar surface area (TPSA) is 76.1 Å². The van der Waals surface area contributed by atoms with Gasteiger partial charge in [0, 0.05) is 10.0 Å². The number of amides is 1. The number of hydrogen-bond donors (Lipinski definition) is 1. The number of halogens is 1. The Balaban J connectivity index is 2.29. The van der Waals surface area contributed by atoms with E-state index in [1.54, 1.807) is 42.5 Å². The predicted molar refractivity (Wildman–Crippen MR) is 73.9 cm³/mol. The number of rotatable bonds is 3. The molecule has 19 heavy (non-hydrogen) atoms. The minimum Gasteiger partial charge on any atom is -0.456 e. The van der Waals surface area contributed by atoms with Gasteiger partial charge in [0.1, 0.15) is 23.1 Å². The first kappa shape index (κ1) is 13.1. The van der Waals surface area contributed by atoms with Crippen molar-refractivity contribution in [2.45, 2.75) is 0 Å². The lowest BCUT2D eigenvalue weighted by molar-refractivity contribution is 0.100. The second kappa shape index (κ2) is 5.55. The van der Waals surface area contributed by atoms with Crippen LogP contribution in [0.4, 0.5) is 0 Å². The van der Waals surface area contributed by atoms with E-state index in [0.717, 1.165) is 0 Å². The molecule has 5 heteroatoms. The van der Waals surface area contributed by atoms with Gasteiger partial charge >= 0.3 is 0 Å². The van der Waals surface area contributed by atoms with Crippen molar-refractivity contribution in [3.05, 3.63) is 58.1 Å². The van der Waals surface area contributed by atoms with Crippen molar-refractivity contribution < 1.29 is 9.53 Å². The summed E-state index contributed by atoms with van der Waals surface area (Å²) in [7, 11) is 0. The first-order valence-electron chi connectivity index (χ1n) is 5.38. The van der Waals surface area contributed by atoms with Crippen LogP contribution in [0.15, 0.2) is 46.9 Å². The zero-order valence-electron chi connectivity index (χ0n) is 9.76. The molecule has 2 N–H and O–H groups in total. The fourth-order valence-electron chi connectivity index (χ4n) is 1.51. The first-order chi connectivity index (χ1) is 9.11. The minimum absolute atomic E-state index is 0.405. The van der Waals surface area contributed by atoms with E-state index in [4.69, 9.17) is 15.7 Å². The maximum atomic E-state index is 10.9. The number of hydrogen-bond acceptors (Lipinski definition) is 3. The van der Waals surface area contributed by atoms with Crippen molar-refractivity contribution in [3.63, 3.8) is 0 Å². The average Bonchev–Trinajstić information content (AvgIpc) is 2.39. The Morgan fingerprint density at radius 1 is 1.21 bits per heavy atom. The monoisotopic (exact) mass is 316 g/mol. The Morgan fingerprint density at radius 3 is 2.47 bits per heavy atom. The molecule has 0 saturated carbocycles. The fourth-order valence-corrected chi connectivity index (χ4v) is 1.95. The molecule has 0 unspecified atom stereocenters. The summed E-state index contributed by atoms with van der Waals surface area (Å²) in [4.78, 5) is 10.9. The standard InChI is InChI=1S/C14H9BrN2O2/c15-12-2-1-3-13(11(12)8-16)19-10-6-4-9(5-7-10)14(17)18/h1-7H,(H2,17,18). The van der Waals surface area contributed by atoms with E-state index in [9.17, 15) is 4.79 Å². The number of nitrogens with zero attached hydrogens (tertiary/aromatic N) is 1. The number of primary amides is 1. The SMILES string of the molecule is N#Cc1c(Br)cccc1Oc1ccc(C(N)=O)cc1. The van der Waals surface area contributed by atoms with Crippen molar-refractivity contribution in [1.82, 2.24) is 0 Å². The van der Waals surface area contributed by atoms with Gasteiger partial charge in [-0.3, -0.25) is 4.79 Å². The van der Waals surface area contributed by atoms with Gasteiger partial charge in [-0.05, 0) is 52.3 Å². The number of nitriles is 1. The molecule has 0 aromatic heterocycles. The summed E-state index contributed by atoms with van der Waals surface area (Å²) in [6.07, 6.45) is 0. The molecule has 0 aliphatic carbocycles. The fraction of sp³-hybridized carbons (Fsp3) is 0. The second-order valence-electron chi connectivity index (χ2n) is 3.72. The third kappa shape index (κ3) is 2.92. The zero-order chi connectivity index (χ0) is 13.8. The molecule has 0 aliphatic heterocycles. The molecule has 0 saturated heterocycles. The van der Waals surface area contributed by atoms with E-state index in [2.05, 4.69) is 22.0 Å². The lowest BCUT2D eigenvalue weighted by Gasteiger charge is -2.08. The van der Waals surface area contributed by atoms with E-state index in [0.29, 0.717) is 27.1 Å². The van der Waals surface area contributed by atoms with Crippen LogP contribution in [0.25, 0.3) is 0 Å². The number of ether oxygens (including phenoxy) is 1. The Labute approximate surface area is 118 Å². The average molecular weight is 317 g/mol. The van der Waals surface area contributed by atoms with E-state index >= 15 is 0 Å². The zero-order valence-corrected chi connectivity index (χ0v) is 11.3. The van der Waals surface area contributed by atoms with Crippen molar-refractivity contribution in [1.29, 1.82) is 5.26 Å². The molecule has 0 heterocycles. The summed E-state index contributed by atoms with van der Waals surface area (Å²) in [5.74, 6) is 0.481. The third-order valence-corrected chi connectivity index (χ3v) is 3.11. The Kier molecular flexibility index (Phi) is 3.83. The molecule has 0 bridgehead atoms. The molecular formula is C14H9BrN2O2. The van der Waals surface area contributed by atoms with Crippen LogP contribution in [-0.4, -0.2) is 5.91 Å². The lowest BCUT2D eigenvalue weighted by atomic mass is 10.2. The van der Waals surface area contributed by atoms with Gasteiger partial charge in [0.2, 0.25) is 5.91 Å². The lowest BCUT2D eigenvalue weighted by Crippen LogP contribution is -2.10. The Bertz CT molecular complexity index is 660. The van der Waals surface area contributed by atoms with Gasteiger partial charge in [-0.2, -0.15) is 5.26 Å². The summed E-state index contributed by atoms with van der Waals surface area (Å²) in [5.41, 5.74) is 5.98. The van der Waals surface area contributed by atoms with E-state index in [1.165, 1.54) is 0 Å². The Morgan fingerprint density at radius 2 is 1.89 bits per heavy atom. The largest absolute Gasteiger partial charge is 0.456 e. The third-order valence-electron chi connectivity index (χ3n) is 2.45. The molecule has 0 radical (unpaired) electrons. The maximum absolute atomic E-state index is 10.9. The van der Waals surface area contributed by atoms with Gasteiger partial charge in [0.05, 0.1) is 0 Å². The van der Waals surface area contributed by atoms with Gasteiger partial charge < -0.3 is 10.5 Å². The van der Waals surface area contributed by atoms with E-state index in [1.807, 2.05) is 0 Å². The van der Waals surface area contributed by atoms with Gasteiger partial charge in [0.15, 0.2) is 0 Å². The van der Waals surface area contributed by atoms with Crippen LogP contribution in [0, 0.1) is 11.3 Å². The smallest absolute Gasteiger partial charge is 0.248 e. The number of benzene rings is 2. The van der Waals surface area contributed by atoms with Crippen LogP contribution in [0.5, 0.6) is 11.5 Å². The van der Waals surface area contributed by atoms with Crippen LogP contribution in [-0.2, 0) is 0 Å². The van der Waals surface area contributed by atoms with Gasteiger partial charge in [-0.15, -0.1) is 0 Å². The van der Waals surface area contributed by atoms with Crippen LogP contribution in [0.2, 0.25) is 0 Å². The Hall–Kier alpha value is -2.32. The molecule has 0 aliphatic rings. The van der Waals surface area contributed by atoms with E-state index < -0.39 is 5.91 Å². The molecule has 4 nitrogen and oxygen atoms in total. The summed E-state index contributed by atoms with van der Waals surface area (Å²) >= 11 is 3.29. The molecule has 0 fully saturated rings. The van der Waals surface area contributed by atoms with Gasteiger partial charge in [-0.1, -0.05) is 6.07 Å². The summed E-state index contributed by atoms with van der Waals surface area (Å²) < 4.78 is 6.28. The normalized spacial score (nSPS) is 9.68. The second-order valence-corrected chi connectivity index (χ2v) is 4.57. The van der Waals surface area contributed by atoms with E-state index in [-0.39, 0.29) is 0 Å². The van der Waals surface area contributed by atoms with Crippen molar-refractivity contribution >= 4 is 21.8 Å². The van der Waals surface area contributed by atoms with Gasteiger partial charge in [0.25, 0.3) is 0 Å². The molecule has 94 valence electrons. The summed E-state index contributed by atoms with van der Waals surface area (Å²) in [5, 5.41) is 9.07. The van der Waals surface area contributed by atoms with Crippen LogP contribution in [0.1, 0.15) is 15.9 Å². The highest BCUT2D eigenvalue weighted by atomic mass is 79.9. The molecular weight excluding hydrogens is 308 g/mol. The number of nitrogens with two attached hydrogens (primary N) is 1.